The van der Waals surface area contributed by atoms with Crippen LogP contribution in [0.3, 0.4) is 0 Å². The van der Waals surface area contributed by atoms with Crippen LogP contribution in [0.1, 0.15) is 54.6 Å². The summed E-state index contributed by atoms with van der Waals surface area (Å²) in [6, 6.07) is 6.80. The first-order chi connectivity index (χ1) is 11.0. The molecular weight excluding hydrogens is 286 g/mol. The molecule has 1 aliphatic heterocycles. The van der Waals surface area contributed by atoms with Gasteiger partial charge in [-0.3, -0.25) is 15.1 Å². The molecule has 4 nitrogen and oxygen atoms in total. The zero-order valence-corrected chi connectivity index (χ0v) is 14.1. The van der Waals surface area contributed by atoms with E-state index in [2.05, 4.69) is 36.3 Å². The smallest absolute Gasteiger partial charge is 0.265 e. The Balaban J connectivity index is 1.70. The fourth-order valence-corrected chi connectivity index (χ4v) is 4.79. The van der Waals surface area contributed by atoms with Gasteiger partial charge in [0.05, 0.1) is 0 Å². The average Bonchev–Trinajstić information content (AvgIpc) is 3.36. The highest BCUT2D eigenvalue weighted by Crippen LogP contribution is 2.49. The highest BCUT2D eigenvalue weighted by atomic mass is 16.2. The predicted octanol–water partition coefficient (Wildman–Crippen LogP) is 2.22. The second kappa shape index (κ2) is 5.32. The number of rotatable bonds is 3. The second-order valence-corrected chi connectivity index (χ2v) is 8.01. The molecule has 1 amide bonds. The molecular formula is C19H27N3O. The summed E-state index contributed by atoms with van der Waals surface area (Å²) in [7, 11) is 0. The molecule has 4 heteroatoms. The van der Waals surface area contributed by atoms with Crippen LogP contribution in [0.4, 0.5) is 0 Å². The number of likely N-dealkylation sites (tertiary alicyclic amines) is 1. The van der Waals surface area contributed by atoms with E-state index in [0.29, 0.717) is 17.5 Å². The van der Waals surface area contributed by atoms with E-state index in [9.17, 15) is 4.79 Å². The van der Waals surface area contributed by atoms with Gasteiger partial charge in [-0.25, -0.2) is 5.84 Å². The number of amides is 1. The number of piperidine rings is 1. The maximum Gasteiger partial charge on any atom is 0.265 e. The van der Waals surface area contributed by atoms with Crippen LogP contribution in [-0.4, -0.2) is 29.9 Å². The molecule has 4 rings (SSSR count). The number of nitrogens with one attached hydrogen (secondary N) is 1. The Kier molecular flexibility index (Phi) is 3.50. The highest BCUT2D eigenvalue weighted by Gasteiger charge is 2.49. The number of hydrogen-bond acceptors (Lipinski definition) is 3. The Morgan fingerprint density at radius 3 is 2.91 bits per heavy atom. The SMILES string of the molecule is CC1C2Cc3ccc(C(=O)NN)cc3C1(C)CCN2CC1CC1. The minimum atomic E-state index is -0.197. The van der Waals surface area contributed by atoms with Crippen LogP contribution in [0.25, 0.3) is 0 Å². The molecule has 3 N–H and O–H groups in total. The first kappa shape index (κ1) is 15.2. The van der Waals surface area contributed by atoms with E-state index in [1.54, 1.807) is 0 Å². The lowest BCUT2D eigenvalue weighted by atomic mass is 9.59. The molecule has 0 radical (unpaired) electrons. The molecule has 1 heterocycles. The molecule has 0 spiro atoms. The summed E-state index contributed by atoms with van der Waals surface area (Å²) in [4.78, 5) is 14.6. The van der Waals surface area contributed by atoms with E-state index in [1.165, 1.54) is 43.5 Å². The van der Waals surface area contributed by atoms with Crippen LogP contribution < -0.4 is 11.3 Å². The maximum absolute atomic E-state index is 11.9. The molecule has 3 atom stereocenters. The Hall–Kier alpha value is -1.39. The monoisotopic (exact) mass is 313 g/mol. The normalized spacial score (nSPS) is 33.2. The number of carbonyl (C=O) groups excluding carboxylic acids is 1. The van der Waals surface area contributed by atoms with Gasteiger partial charge in [0.15, 0.2) is 0 Å². The quantitative estimate of drug-likeness (QED) is 0.511. The average molecular weight is 313 g/mol. The van der Waals surface area contributed by atoms with Crippen molar-refractivity contribution in [1.82, 2.24) is 10.3 Å². The molecule has 1 aromatic rings. The zero-order chi connectivity index (χ0) is 16.2. The van der Waals surface area contributed by atoms with Gasteiger partial charge in [0.25, 0.3) is 5.91 Å². The van der Waals surface area contributed by atoms with Crippen molar-refractivity contribution in [3.63, 3.8) is 0 Å². The largest absolute Gasteiger partial charge is 0.299 e. The van der Waals surface area contributed by atoms with Crippen molar-refractivity contribution in [2.75, 3.05) is 13.1 Å². The van der Waals surface area contributed by atoms with Gasteiger partial charge in [-0.05, 0) is 72.7 Å². The maximum atomic E-state index is 11.9. The third kappa shape index (κ3) is 2.39. The number of fused-ring (bicyclic) bond motifs is 4. The van der Waals surface area contributed by atoms with Crippen molar-refractivity contribution in [3.05, 3.63) is 34.9 Å². The number of hydrogen-bond donors (Lipinski definition) is 2. The van der Waals surface area contributed by atoms with Crippen LogP contribution in [-0.2, 0) is 11.8 Å². The Morgan fingerprint density at radius 2 is 2.22 bits per heavy atom. The lowest BCUT2D eigenvalue weighted by Crippen LogP contribution is -2.58. The van der Waals surface area contributed by atoms with Crippen molar-refractivity contribution in [3.8, 4) is 0 Å². The van der Waals surface area contributed by atoms with E-state index in [4.69, 9.17) is 5.84 Å². The van der Waals surface area contributed by atoms with Gasteiger partial charge in [0.1, 0.15) is 0 Å². The summed E-state index contributed by atoms with van der Waals surface area (Å²) in [5, 5.41) is 0. The third-order valence-corrected chi connectivity index (χ3v) is 6.71. The summed E-state index contributed by atoms with van der Waals surface area (Å²) < 4.78 is 0. The van der Waals surface area contributed by atoms with Gasteiger partial charge in [0.2, 0.25) is 0 Å². The van der Waals surface area contributed by atoms with E-state index in [0.717, 1.165) is 12.3 Å². The Morgan fingerprint density at radius 1 is 1.43 bits per heavy atom. The minimum absolute atomic E-state index is 0.170. The van der Waals surface area contributed by atoms with Crippen LogP contribution in [0.5, 0.6) is 0 Å². The third-order valence-electron chi connectivity index (χ3n) is 6.71. The zero-order valence-electron chi connectivity index (χ0n) is 14.1. The first-order valence-electron chi connectivity index (χ1n) is 8.91. The minimum Gasteiger partial charge on any atom is -0.299 e. The van der Waals surface area contributed by atoms with E-state index in [-0.39, 0.29) is 11.3 Å². The van der Waals surface area contributed by atoms with Gasteiger partial charge in [-0.2, -0.15) is 0 Å². The molecule has 3 unspecified atom stereocenters. The summed E-state index contributed by atoms with van der Waals surface area (Å²) in [6.45, 7) is 7.27. The van der Waals surface area contributed by atoms with Gasteiger partial charge >= 0.3 is 0 Å². The molecule has 1 saturated heterocycles. The molecule has 1 saturated carbocycles. The number of nitrogen functional groups attached to an aromatic ring is 1. The van der Waals surface area contributed by atoms with Gasteiger partial charge in [-0.1, -0.05) is 19.9 Å². The van der Waals surface area contributed by atoms with Crippen molar-refractivity contribution < 1.29 is 4.79 Å². The fraction of sp³-hybridized carbons (Fsp3) is 0.632. The number of benzene rings is 1. The highest BCUT2D eigenvalue weighted by molar-refractivity contribution is 5.94. The standard InChI is InChI=1S/C19H27N3O/c1-12-17-10-14-5-6-15(18(23)21-20)9-16(14)19(12,2)7-8-22(17)11-13-3-4-13/h5-6,9,12-13,17H,3-4,7-8,10-11,20H2,1-2H3,(H,21,23). The van der Waals surface area contributed by atoms with Gasteiger partial charge in [-0.15, -0.1) is 0 Å². The van der Waals surface area contributed by atoms with Crippen LogP contribution >= 0.6 is 0 Å². The molecule has 0 aromatic heterocycles. The summed E-state index contributed by atoms with van der Waals surface area (Å²) in [6.07, 6.45) is 5.13. The number of nitrogens with two attached hydrogens (primary N) is 1. The summed E-state index contributed by atoms with van der Waals surface area (Å²) in [5.74, 6) is 6.68. The molecule has 2 aliphatic carbocycles. The molecule has 23 heavy (non-hydrogen) atoms. The van der Waals surface area contributed by atoms with Crippen LogP contribution in [0, 0.1) is 11.8 Å². The van der Waals surface area contributed by atoms with Crippen molar-refractivity contribution in [2.24, 2.45) is 17.7 Å². The number of hydrazine groups is 1. The fourth-order valence-electron chi connectivity index (χ4n) is 4.79. The van der Waals surface area contributed by atoms with E-state index >= 15 is 0 Å². The number of nitrogens with zero attached hydrogens (tertiary/aromatic N) is 1. The predicted molar refractivity (Wildman–Crippen MR) is 91.0 cm³/mol. The summed E-state index contributed by atoms with van der Waals surface area (Å²) in [5.41, 5.74) is 5.89. The Labute approximate surface area is 138 Å². The molecule has 124 valence electrons. The molecule has 2 fully saturated rings. The molecule has 1 aromatic carbocycles. The lowest BCUT2D eigenvalue weighted by molar-refractivity contribution is 0.0284. The van der Waals surface area contributed by atoms with Gasteiger partial charge < -0.3 is 0 Å². The van der Waals surface area contributed by atoms with Crippen LogP contribution in [0.2, 0.25) is 0 Å². The topological polar surface area (TPSA) is 58.4 Å². The molecule has 2 bridgehead atoms. The van der Waals surface area contributed by atoms with Crippen molar-refractivity contribution in [2.45, 2.75) is 51.0 Å². The van der Waals surface area contributed by atoms with Crippen molar-refractivity contribution in [1.29, 1.82) is 0 Å². The van der Waals surface area contributed by atoms with E-state index in [1.807, 2.05) is 6.07 Å². The summed E-state index contributed by atoms with van der Waals surface area (Å²) >= 11 is 0. The Bertz CT molecular complexity index is 640. The van der Waals surface area contributed by atoms with Gasteiger partial charge in [0, 0.05) is 18.2 Å². The number of carbonyl (C=O) groups is 1. The van der Waals surface area contributed by atoms with E-state index < -0.39 is 0 Å². The first-order valence-corrected chi connectivity index (χ1v) is 8.91. The van der Waals surface area contributed by atoms with Crippen molar-refractivity contribution >= 4 is 5.91 Å². The van der Waals surface area contributed by atoms with Crippen LogP contribution in [0.15, 0.2) is 18.2 Å². The lowest BCUT2D eigenvalue weighted by Gasteiger charge is -2.55. The molecule has 3 aliphatic rings. The second-order valence-electron chi connectivity index (χ2n) is 8.01.